The summed E-state index contributed by atoms with van der Waals surface area (Å²) in [7, 11) is -1.18. The summed E-state index contributed by atoms with van der Waals surface area (Å²) >= 11 is 6.00. The third-order valence-electron chi connectivity index (χ3n) is 4.54. The Morgan fingerprint density at radius 1 is 1.18 bits per heavy atom. The van der Waals surface area contributed by atoms with E-state index in [0.717, 1.165) is 10.4 Å². The molecule has 33 heavy (non-hydrogen) atoms. The van der Waals surface area contributed by atoms with Crippen LogP contribution < -0.4 is 5.73 Å². The molecule has 0 radical (unpaired) electrons. The van der Waals surface area contributed by atoms with Gasteiger partial charge >= 0.3 is 11.9 Å². The normalized spacial score (nSPS) is 11.7. The molecule has 0 fully saturated rings. The smallest absolute Gasteiger partial charge is 0.342 e. The minimum absolute atomic E-state index is 0.0209. The van der Waals surface area contributed by atoms with Crippen LogP contribution >= 0.6 is 11.6 Å². The number of ether oxygens (including phenoxy) is 2. The van der Waals surface area contributed by atoms with E-state index in [1.165, 1.54) is 26.2 Å². The Morgan fingerprint density at radius 3 is 2.52 bits per heavy atom. The average molecular weight is 497 g/mol. The molecule has 0 aliphatic heterocycles. The van der Waals surface area contributed by atoms with Gasteiger partial charge in [-0.2, -0.15) is 4.98 Å². The number of benzene rings is 1. The van der Waals surface area contributed by atoms with Crippen molar-refractivity contribution in [2.75, 3.05) is 26.4 Å². The Hall–Kier alpha value is -3.22. The number of furan rings is 1. The quantitative estimate of drug-likeness (QED) is 0.482. The van der Waals surface area contributed by atoms with E-state index in [1.54, 1.807) is 13.8 Å². The lowest BCUT2D eigenvalue weighted by Gasteiger charge is -2.13. The molecular weight excluding hydrogens is 476 g/mol. The summed E-state index contributed by atoms with van der Waals surface area (Å²) in [4.78, 5) is 32.7. The number of nitrogens with two attached hydrogens (primary N) is 1. The molecule has 0 aliphatic carbocycles. The number of fused-ring (bicyclic) bond motifs is 1. The highest BCUT2D eigenvalue weighted by atomic mass is 35.5. The van der Waals surface area contributed by atoms with Crippen LogP contribution in [0.3, 0.4) is 0 Å². The van der Waals surface area contributed by atoms with Gasteiger partial charge in [-0.25, -0.2) is 27.3 Å². The first-order valence-electron chi connectivity index (χ1n) is 9.59. The summed E-state index contributed by atoms with van der Waals surface area (Å²) in [6, 6.07) is 3.75. The van der Waals surface area contributed by atoms with Gasteiger partial charge in [-0.05, 0) is 32.0 Å². The maximum Gasteiger partial charge on any atom is 0.342 e. The number of hydrogen-bond donors (Lipinski definition) is 1. The number of rotatable bonds is 7. The van der Waals surface area contributed by atoms with Gasteiger partial charge in [-0.15, -0.1) is 0 Å². The molecule has 11 nitrogen and oxygen atoms in total. The second kappa shape index (κ2) is 9.33. The Morgan fingerprint density at radius 2 is 1.88 bits per heavy atom. The number of aryl methyl sites for hydroxylation is 1. The standard InChI is InChI=1S/C20H21ClN4O7S/c1-5-30-20(27)15-10(2)32-18-16(15)17(22)23-14(24-18)9-31-19(26)11-6-7-12(21)13(8-11)33(28,29)25(3)4/h6-8H,5,9H2,1-4H3,(H2,22,23,24). The molecule has 0 unspecified atom stereocenters. The van der Waals surface area contributed by atoms with E-state index in [1.807, 2.05) is 0 Å². The molecule has 2 heterocycles. The van der Waals surface area contributed by atoms with E-state index in [2.05, 4.69) is 9.97 Å². The number of halogens is 1. The number of hydrogen-bond acceptors (Lipinski definition) is 10. The van der Waals surface area contributed by atoms with Crippen molar-refractivity contribution >= 4 is 50.5 Å². The number of sulfonamides is 1. The van der Waals surface area contributed by atoms with Gasteiger partial charge in [0.1, 0.15) is 22.0 Å². The molecule has 0 atom stereocenters. The molecule has 2 N–H and O–H groups in total. The fourth-order valence-electron chi connectivity index (χ4n) is 2.94. The Labute approximate surface area is 194 Å². The predicted molar refractivity (Wildman–Crippen MR) is 118 cm³/mol. The van der Waals surface area contributed by atoms with Gasteiger partial charge in [0.2, 0.25) is 15.7 Å². The Balaban J connectivity index is 1.85. The maximum atomic E-state index is 12.5. The molecule has 13 heteroatoms. The van der Waals surface area contributed by atoms with Crippen LogP contribution in [0.2, 0.25) is 5.02 Å². The summed E-state index contributed by atoms with van der Waals surface area (Å²) in [5.74, 6) is -1.21. The van der Waals surface area contributed by atoms with Gasteiger partial charge < -0.3 is 19.6 Å². The highest BCUT2D eigenvalue weighted by Gasteiger charge is 2.25. The van der Waals surface area contributed by atoms with Crippen molar-refractivity contribution in [3.63, 3.8) is 0 Å². The fraction of sp³-hybridized carbons (Fsp3) is 0.300. The van der Waals surface area contributed by atoms with E-state index in [0.29, 0.717) is 0 Å². The highest BCUT2D eigenvalue weighted by Crippen LogP contribution is 2.29. The topological polar surface area (TPSA) is 155 Å². The van der Waals surface area contributed by atoms with Gasteiger partial charge in [-0.1, -0.05) is 11.6 Å². The summed E-state index contributed by atoms with van der Waals surface area (Å²) in [6.45, 7) is 3.02. The molecular formula is C20H21ClN4O7S. The van der Waals surface area contributed by atoms with Crippen LogP contribution in [-0.4, -0.2) is 55.3 Å². The summed E-state index contributed by atoms with van der Waals surface area (Å²) < 4.78 is 41.5. The summed E-state index contributed by atoms with van der Waals surface area (Å²) in [6.07, 6.45) is 0. The minimum atomic E-state index is -3.87. The van der Waals surface area contributed by atoms with Crippen LogP contribution in [0.4, 0.5) is 5.82 Å². The van der Waals surface area contributed by atoms with Crippen molar-refractivity contribution in [1.82, 2.24) is 14.3 Å². The number of aromatic nitrogens is 2. The van der Waals surface area contributed by atoms with Gasteiger partial charge in [0.25, 0.3) is 0 Å². The molecule has 3 aromatic rings. The van der Waals surface area contributed by atoms with Crippen molar-refractivity contribution in [2.45, 2.75) is 25.3 Å². The predicted octanol–water partition coefficient (Wildman–Crippen LogP) is 2.55. The largest absolute Gasteiger partial charge is 0.462 e. The number of anilines is 1. The molecule has 0 saturated heterocycles. The molecule has 0 spiro atoms. The van der Waals surface area contributed by atoms with Crippen LogP contribution in [0.25, 0.3) is 11.1 Å². The number of nitrogens with zero attached hydrogens (tertiary/aromatic N) is 3. The van der Waals surface area contributed by atoms with Gasteiger partial charge in [0.05, 0.1) is 22.6 Å². The Kier molecular flexibility index (Phi) is 6.91. The Bertz CT molecular complexity index is 1350. The number of carbonyl (C=O) groups excluding carboxylic acids is 2. The average Bonchev–Trinajstić information content (AvgIpc) is 3.08. The fourth-order valence-corrected chi connectivity index (χ4v) is 4.33. The second-order valence-electron chi connectivity index (χ2n) is 6.97. The van der Waals surface area contributed by atoms with Crippen LogP contribution in [0.5, 0.6) is 0 Å². The van der Waals surface area contributed by atoms with Crippen molar-refractivity contribution < 1.29 is 31.9 Å². The first kappa shape index (κ1) is 24.4. The highest BCUT2D eigenvalue weighted by molar-refractivity contribution is 7.89. The third-order valence-corrected chi connectivity index (χ3v) is 6.84. The zero-order valence-electron chi connectivity index (χ0n) is 18.2. The number of nitrogen functional groups attached to an aromatic ring is 1. The van der Waals surface area contributed by atoms with E-state index >= 15 is 0 Å². The van der Waals surface area contributed by atoms with E-state index in [-0.39, 0.29) is 62.8 Å². The van der Waals surface area contributed by atoms with Crippen molar-refractivity contribution in [1.29, 1.82) is 0 Å². The first-order chi connectivity index (χ1) is 15.5. The monoisotopic (exact) mass is 496 g/mol. The van der Waals surface area contributed by atoms with Crippen molar-refractivity contribution in [2.24, 2.45) is 0 Å². The van der Waals surface area contributed by atoms with E-state index in [9.17, 15) is 18.0 Å². The van der Waals surface area contributed by atoms with Crippen LogP contribution in [-0.2, 0) is 26.1 Å². The third kappa shape index (κ3) is 4.77. The zero-order chi connectivity index (χ0) is 24.5. The van der Waals surface area contributed by atoms with Gasteiger partial charge in [0, 0.05) is 14.1 Å². The number of esters is 2. The molecule has 0 saturated carbocycles. The SMILES string of the molecule is CCOC(=O)c1c(C)oc2nc(COC(=O)c3ccc(Cl)c(S(=O)(=O)N(C)C)c3)nc(N)c12. The molecule has 0 amide bonds. The van der Waals surface area contributed by atoms with Crippen LogP contribution in [0, 0.1) is 6.92 Å². The van der Waals surface area contributed by atoms with Crippen molar-refractivity contribution in [3.8, 4) is 0 Å². The summed E-state index contributed by atoms with van der Waals surface area (Å²) in [5.41, 5.74) is 6.13. The minimum Gasteiger partial charge on any atom is -0.462 e. The second-order valence-corrected chi connectivity index (χ2v) is 9.50. The lowest BCUT2D eigenvalue weighted by molar-refractivity contribution is 0.0461. The molecule has 3 rings (SSSR count). The maximum absolute atomic E-state index is 12.5. The van der Waals surface area contributed by atoms with Crippen molar-refractivity contribution in [3.05, 3.63) is 45.9 Å². The first-order valence-corrected chi connectivity index (χ1v) is 11.4. The molecule has 176 valence electrons. The number of carbonyl (C=O) groups is 2. The lowest BCUT2D eigenvalue weighted by Crippen LogP contribution is -2.23. The molecule has 0 bridgehead atoms. The lowest BCUT2D eigenvalue weighted by atomic mass is 10.2. The van der Waals surface area contributed by atoms with Crippen LogP contribution in [0.1, 0.15) is 39.2 Å². The van der Waals surface area contributed by atoms with E-state index in [4.69, 9.17) is 31.2 Å². The van der Waals surface area contributed by atoms with E-state index < -0.39 is 22.0 Å². The zero-order valence-corrected chi connectivity index (χ0v) is 19.8. The molecule has 0 aliphatic rings. The van der Waals surface area contributed by atoms with Gasteiger partial charge in [-0.3, -0.25) is 0 Å². The van der Waals surface area contributed by atoms with Crippen LogP contribution in [0.15, 0.2) is 27.5 Å². The molecule has 2 aromatic heterocycles. The van der Waals surface area contributed by atoms with Gasteiger partial charge in [0.15, 0.2) is 12.4 Å². The molecule has 1 aromatic carbocycles. The summed E-state index contributed by atoms with van der Waals surface area (Å²) in [5, 5.41) is 0.171.